The molecule has 3 heteroatoms. The van der Waals surface area contributed by atoms with E-state index >= 15 is 0 Å². The van der Waals surface area contributed by atoms with E-state index in [1.807, 2.05) is 18.3 Å². The van der Waals surface area contributed by atoms with Crippen molar-refractivity contribution in [3.63, 3.8) is 0 Å². The van der Waals surface area contributed by atoms with Crippen LogP contribution in [0.1, 0.15) is 48.1 Å². The van der Waals surface area contributed by atoms with Crippen molar-refractivity contribution in [2.45, 2.75) is 25.7 Å². The van der Waals surface area contributed by atoms with Crippen molar-refractivity contribution in [2.75, 3.05) is 13.1 Å². The number of pyridine rings is 1. The highest BCUT2D eigenvalue weighted by molar-refractivity contribution is 6.30. The molecule has 23 heavy (non-hydrogen) atoms. The molecule has 1 aromatic heterocycles. The molecule has 0 bridgehead atoms. The largest absolute Gasteiger partial charge is 0.317 e. The predicted octanol–water partition coefficient (Wildman–Crippen LogP) is 4.74. The molecule has 1 aliphatic carbocycles. The maximum Gasteiger partial charge on any atom is 0.0553 e. The summed E-state index contributed by atoms with van der Waals surface area (Å²) < 4.78 is 0. The maximum atomic E-state index is 6.29. The van der Waals surface area contributed by atoms with E-state index in [0.29, 0.717) is 11.8 Å². The minimum Gasteiger partial charge on any atom is -0.317 e. The Bertz CT molecular complexity index is 760. The Hall–Kier alpha value is -1.64. The molecule has 2 aliphatic rings. The molecule has 2 nitrogen and oxygen atoms in total. The zero-order chi connectivity index (χ0) is 15.8. The van der Waals surface area contributed by atoms with Crippen molar-refractivity contribution in [1.29, 1.82) is 0 Å². The van der Waals surface area contributed by atoms with Crippen molar-refractivity contribution >= 4 is 23.3 Å². The SMILES string of the molecule is CC1=Cc2cccnc2C(C2CCNCC2)c2ccc(Cl)cc21. The van der Waals surface area contributed by atoms with Gasteiger partial charge in [-0.25, -0.2) is 0 Å². The lowest BCUT2D eigenvalue weighted by Crippen LogP contribution is -2.32. The van der Waals surface area contributed by atoms with Gasteiger partial charge in [-0.1, -0.05) is 23.7 Å². The van der Waals surface area contributed by atoms with E-state index in [-0.39, 0.29) is 0 Å². The Kier molecular flexibility index (Phi) is 3.96. The maximum absolute atomic E-state index is 6.29. The monoisotopic (exact) mass is 324 g/mol. The number of allylic oxidation sites excluding steroid dienone is 1. The fourth-order valence-corrected chi connectivity index (χ4v) is 4.24. The van der Waals surface area contributed by atoms with Crippen molar-refractivity contribution in [1.82, 2.24) is 10.3 Å². The van der Waals surface area contributed by atoms with Gasteiger partial charge in [-0.2, -0.15) is 0 Å². The van der Waals surface area contributed by atoms with Crippen LogP contribution in [0.4, 0.5) is 0 Å². The molecule has 0 saturated carbocycles. The van der Waals surface area contributed by atoms with Gasteiger partial charge in [-0.3, -0.25) is 4.98 Å². The lowest BCUT2D eigenvalue weighted by atomic mass is 9.76. The van der Waals surface area contributed by atoms with Crippen molar-refractivity contribution < 1.29 is 0 Å². The molecule has 1 fully saturated rings. The summed E-state index contributed by atoms with van der Waals surface area (Å²) in [6.45, 7) is 4.37. The lowest BCUT2D eigenvalue weighted by Gasteiger charge is -2.32. The average molecular weight is 325 g/mol. The van der Waals surface area contributed by atoms with Gasteiger partial charge >= 0.3 is 0 Å². The molecule has 118 valence electrons. The summed E-state index contributed by atoms with van der Waals surface area (Å²) in [5.74, 6) is 0.985. The van der Waals surface area contributed by atoms with Crippen LogP contribution in [0.5, 0.6) is 0 Å². The normalized spacial score (nSPS) is 21.1. The number of hydrogen-bond donors (Lipinski definition) is 1. The van der Waals surface area contributed by atoms with Crippen LogP contribution >= 0.6 is 11.6 Å². The minimum atomic E-state index is 0.356. The van der Waals surface area contributed by atoms with Gasteiger partial charge in [0.1, 0.15) is 0 Å². The topological polar surface area (TPSA) is 24.9 Å². The summed E-state index contributed by atoms with van der Waals surface area (Å²) in [7, 11) is 0. The van der Waals surface area contributed by atoms with Crippen LogP contribution in [0.25, 0.3) is 11.6 Å². The summed E-state index contributed by atoms with van der Waals surface area (Å²) in [6, 6.07) is 10.6. The fraction of sp³-hybridized carbons (Fsp3) is 0.350. The van der Waals surface area contributed by atoms with Crippen LogP contribution in [0.15, 0.2) is 36.5 Å². The molecule has 1 unspecified atom stereocenters. The Morgan fingerprint density at radius 2 is 2.00 bits per heavy atom. The molecular weight excluding hydrogens is 304 g/mol. The molecule has 1 saturated heterocycles. The summed E-state index contributed by atoms with van der Waals surface area (Å²) in [6.07, 6.45) is 6.58. The Morgan fingerprint density at radius 3 is 2.83 bits per heavy atom. The second-order valence-corrected chi connectivity index (χ2v) is 7.04. The number of nitrogens with one attached hydrogen (secondary N) is 1. The molecule has 1 N–H and O–H groups in total. The number of nitrogens with zero attached hydrogens (tertiary/aromatic N) is 1. The number of piperidine rings is 1. The minimum absolute atomic E-state index is 0.356. The number of aromatic nitrogens is 1. The van der Waals surface area contributed by atoms with Crippen LogP contribution in [-0.2, 0) is 0 Å². The summed E-state index contributed by atoms with van der Waals surface area (Å²) in [5, 5.41) is 4.29. The molecule has 1 aromatic carbocycles. The molecule has 4 rings (SSSR count). The van der Waals surface area contributed by atoms with Gasteiger partial charge < -0.3 is 5.32 Å². The molecule has 2 heterocycles. The van der Waals surface area contributed by atoms with Gasteiger partial charge in [0.2, 0.25) is 0 Å². The molecule has 0 amide bonds. The molecule has 1 atom stereocenters. The summed E-state index contributed by atoms with van der Waals surface area (Å²) in [5.41, 5.74) is 6.40. The third-order valence-corrected chi connectivity index (χ3v) is 5.40. The van der Waals surface area contributed by atoms with Crippen LogP contribution in [-0.4, -0.2) is 18.1 Å². The number of fused-ring (bicyclic) bond motifs is 2. The second kappa shape index (κ2) is 6.10. The van der Waals surface area contributed by atoms with Crippen molar-refractivity contribution in [2.24, 2.45) is 5.92 Å². The first kappa shape index (κ1) is 14.9. The number of hydrogen-bond acceptors (Lipinski definition) is 2. The van der Waals surface area contributed by atoms with Gasteiger partial charge in [0.05, 0.1) is 5.69 Å². The summed E-state index contributed by atoms with van der Waals surface area (Å²) in [4.78, 5) is 4.79. The fourth-order valence-electron chi connectivity index (χ4n) is 4.07. The highest BCUT2D eigenvalue weighted by atomic mass is 35.5. The van der Waals surface area contributed by atoms with Crippen molar-refractivity contribution in [3.8, 4) is 0 Å². The predicted molar refractivity (Wildman–Crippen MR) is 96.7 cm³/mol. The third-order valence-electron chi connectivity index (χ3n) is 5.17. The van der Waals surface area contributed by atoms with Gasteiger partial charge in [0.15, 0.2) is 0 Å². The van der Waals surface area contributed by atoms with Crippen LogP contribution in [0, 0.1) is 5.92 Å². The first-order valence-electron chi connectivity index (χ1n) is 8.38. The van der Waals surface area contributed by atoms with E-state index in [2.05, 4.69) is 36.5 Å². The Balaban J connectivity index is 1.93. The highest BCUT2D eigenvalue weighted by Gasteiger charge is 2.32. The van der Waals surface area contributed by atoms with E-state index < -0.39 is 0 Å². The molecule has 1 aliphatic heterocycles. The van der Waals surface area contributed by atoms with E-state index in [1.54, 1.807) is 0 Å². The van der Waals surface area contributed by atoms with E-state index in [9.17, 15) is 0 Å². The average Bonchev–Trinajstić information content (AvgIpc) is 2.70. The highest BCUT2D eigenvalue weighted by Crippen LogP contribution is 2.43. The molecule has 2 aromatic rings. The first-order valence-corrected chi connectivity index (χ1v) is 8.75. The standard InChI is InChI=1S/C20H21ClN2/c1-13-11-15-3-2-8-23-20(15)19(14-6-9-22-10-7-14)17-5-4-16(21)12-18(13)17/h2-5,8,11-12,14,19,22H,6-7,9-10H2,1H3. The van der Waals surface area contributed by atoms with Gasteiger partial charge in [0.25, 0.3) is 0 Å². The zero-order valence-electron chi connectivity index (χ0n) is 13.3. The Morgan fingerprint density at radius 1 is 1.17 bits per heavy atom. The Labute approximate surface area is 142 Å². The molecular formula is C20H21ClN2. The lowest BCUT2D eigenvalue weighted by molar-refractivity contribution is 0.339. The van der Waals surface area contributed by atoms with E-state index in [1.165, 1.54) is 40.8 Å². The summed E-state index contributed by atoms with van der Waals surface area (Å²) >= 11 is 6.29. The third kappa shape index (κ3) is 2.71. The molecule has 0 radical (unpaired) electrons. The smallest absolute Gasteiger partial charge is 0.0553 e. The number of rotatable bonds is 1. The van der Waals surface area contributed by atoms with Gasteiger partial charge in [0, 0.05) is 17.1 Å². The quantitative estimate of drug-likeness (QED) is 0.819. The van der Waals surface area contributed by atoms with E-state index in [4.69, 9.17) is 16.6 Å². The zero-order valence-corrected chi connectivity index (χ0v) is 14.1. The van der Waals surface area contributed by atoms with Crippen LogP contribution < -0.4 is 5.32 Å². The first-order chi connectivity index (χ1) is 11.2. The van der Waals surface area contributed by atoms with Crippen LogP contribution in [0.3, 0.4) is 0 Å². The van der Waals surface area contributed by atoms with Crippen molar-refractivity contribution in [3.05, 3.63) is 63.9 Å². The second-order valence-electron chi connectivity index (χ2n) is 6.60. The van der Waals surface area contributed by atoms with Gasteiger partial charge in [-0.15, -0.1) is 0 Å². The number of benzene rings is 1. The van der Waals surface area contributed by atoms with E-state index in [0.717, 1.165) is 18.1 Å². The van der Waals surface area contributed by atoms with Crippen LogP contribution in [0.2, 0.25) is 5.02 Å². The number of halogens is 1. The molecule has 0 spiro atoms. The van der Waals surface area contributed by atoms with Gasteiger partial charge in [-0.05, 0) is 85.3 Å².